The van der Waals surface area contributed by atoms with Crippen molar-refractivity contribution < 1.29 is 9.47 Å². The fraction of sp³-hybridized carbons (Fsp3) is 0.538. The van der Waals surface area contributed by atoms with Crippen LogP contribution < -0.4 is 20.7 Å². The van der Waals surface area contributed by atoms with Gasteiger partial charge in [-0.3, -0.25) is 11.3 Å². The van der Waals surface area contributed by atoms with Crippen molar-refractivity contribution >= 4 is 11.6 Å². The molecule has 0 saturated heterocycles. The first-order valence-electron chi connectivity index (χ1n) is 5.72. The number of hydrazine groups is 1. The highest BCUT2D eigenvalue weighted by Crippen LogP contribution is 2.41. The standard InChI is InChI=1S/C13H21ClN2O2/c1-13(2,3)12(16-15)8-6-9(14)11(18-5)10(7-8)17-4/h6-7,12,16H,15H2,1-5H3. The number of ether oxygens (including phenoxy) is 2. The average molecular weight is 273 g/mol. The molecule has 0 heterocycles. The molecule has 0 aliphatic carbocycles. The maximum atomic E-state index is 6.19. The van der Waals surface area contributed by atoms with Crippen LogP contribution in [0.2, 0.25) is 5.02 Å². The van der Waals surface area contributed by atoms with E-state index >= 15 is 0 Å². The summed E-state index contributed by atoms with van der Waals surface area (Å²) in [5.74, 6) is 6.77. The topological polar surface area (TPSA) is 56.5 Å². The second kappa shape index (κ2) is 5.78. The zero-order chi connectivity index (χ0) is 13.9. The Balaban J connectivity index is 3.30. The van der Waals surface area contributed by atoms with Crippen LogP contribution in [-0.4, -0.2) is 14.2 Å². The number of benzene rings is 1. The van der Waals surface area contributed by atoms with Gasteiger partial charge in [0.05, 0.1) is 25.3 Å². The fourth-order valence-corrected chi connectivity index (χ4v) is 2.25. The normalized spacial score (nSPS) is 13.3. The third kappa shape index (κ3) is 3.07. The predicted octanol–water partition coefficient (Wildman–Crippen LogP) is 2.91. The van der Waals surface area contributed by atoms with Crippen molar-refractivity contribution in [3.8, 4) is 11.5 Å². The Morgan fingerprint density at radius 1 is 1.22 bits per heavy atom. The smallest absolute Gasteiger partial charge is 0.179 e. The van der Waals surface area contributed by atoms with Gasteiger partial charge in [0.15, 0.2) is 11.5 Å². The van der Waals surface area contributed by atoms with E-state index in [1.54, 1.807) is 14.2 Å². The molecule has 0 fully saturated rings. The number of hydrogen-bond acceptors (Lipinski definition) is 4. The Morgan fingerprint density at radius 2 is 1.83 bits per heavy atom. The molecule has 5 heteroatoms. The van der Waals surface area contributed by atoms with E-state index in [1.165, 1.54) is 0 Å². The van der Waals surface area contributed by atoms with Crippen LogP contribution in [0.3, 0.4) is 0 Å². The molecule has 0 aliphatic rings. The van der Waals surface area contributed by atoms with E-state index in [4.69, 9.17) is 26.9 Å². The van der Waals surface area contributed by atoms with Crippen molar-refractivity contribution in [2.24, 2.45) is 11.3 Å². The summed E-state index contributed by atoms with van der Waals surface area (Å²) in [4.78, 5) is 0. The monoisotopic (exact) mass is 272 g/mol. The summed E-state index contributed by atoms with van der Waals surface area (Å²) >= 11 is 6.19. The molecule has 102 valence electrons. The largest absolute Gasteiger partial charge is 0.493 e. The third-order valence-corrected chi connectivity index (χ3v) is 3.10. The molecular weight excluding hydrogens is 252 g/mol. The molecule has 0 bridgehead atoms. The lowest BCUT2D eigenvalue weighted by Gasteiger charge is -2.31. The first-order chi connectivity index (χ1) is 8.35. The first kappa shape index (κ1) is 15.1. The number of hydrogen-bond donors (Lipinski definition) is 2. The Morgan fingerprint density at radius 3 is 2.22 bits per heavy atom. The van der Waals surface area contributed by atoms with Crippen LogP contribution in [0.15, 0.2) is 12.1 Å². The second-order valence-electron chi connectivity index (χ2n) is 5.20. The predicted molar refractivity (Wildman–Crippen MR) is 74.1 cm³/mol. The van der Waals surface area contributed by atoms with Crippen molar-refractivity contribution in [2.75, 3.05) is 14.2 Å². The quantitative estimate of drug-likeness (QED) is 0.654. The van der Waals surface area contributed by atoms with Gasteiger partial charge < -0.3 is 9.47 Å². The van der Waals surface area contributed by atoms with Crippen LogP contribution in [-0.2, 0) is 0 Å². The summed E-state index contributed by atoms with van der Waals surface area (Å²) in [5, 5.41) is 0.511. The number of methoxy groups -OCH3 is 2. The maximum Gasteiger partial charge on any atom is 0.179 e. The van der Waals surface area contributed by atoms with Gasteiger partial charge in [0.1, 0.15) is 0 Å². The minimum atomic E-state index is -0.0440. The minimum Gasteiger partial charge on any atom is -0.493 e. The molecule has 1 unspecified atom stereocenters. The molecule has 0 saturated carbocycles. The van der Waals surface area contributed by atoms with Gasteiger partial charge in [-0.25, -0.2) is 0 Å². The summed E-state index contributed by atoms with van der Waals surface area (Å²) in [6.07, 6.45) is 0. The number of rotatable bonds is 4. The van der Waals surface area contributed by atoms with Crippen LogP contribution in [0.4, 0.5) is 0 Å². The summed E-state index contributed by atoms with van der Waals surface area (Å²) in [7, 11) is 3.14. The van der Waals surface area contributed by atoms with Gasteiger partial charge in [0, 0.05) is 0 Å². The fourth-order valence-electron chi connectivity index (χ4n) is 1.95. The van der Waals surface area contributed by atoms with E-state index in [-0.39, 0.29) is 11.5 Å². The van der Waals surface area contributed by atoms with Gasteiger partial charge in [-0.15, -0.1) is 0 Å². The molecule has 1 rings (SSSR count). The lowest BCUT2D eigenvalue weighted by atomic mass is 9.82. The van der Waals surface area contributed by atoms with Crippen molar-refractivity contribution in [3.63, 3.8) is 0 Å². The van der Waals surface area contributed by atoms with Crippen LogP contribution in [0.1, 0.15) is 32.4 Å². The lowest BCUT2D eigenvalue weighted by Crippen LogP contribution is -2.36. The van der Waals surface area contributed by atoms with Gasteiger partial charge in [-0.2, -0.15) is 0 Å². The Kier molecular flexibility index (Phi) is 4.85. The van der Waals surface area contributed by atoms with Crippen molar-refractivity contribution in [1.29, 1.82) is 0 Å². The molecular formula is C13H21ClN2O2. The molecule has 0 aliphatic heterocycles. The van der Waals surface area contributed by atoms with Crippen molar-refractivity contribution in [2.45, 2.75) is 26.8 Å². The molecule has 1 aromatic rings. The molecule has 18 heavy (non-hydrogen) atoms. The zero-order valence-corrected chi connectivity index (χ0v) is 12.3. The number of nitrogens with two attached hydrogens (primary N) is 1. The van der Waals surface area contributed by atoms with Gasteiger partial charge in [-0.05, 0) is 23.1 Å². The number of nitrogens with one attached hydrogen (secondary N) is 1. The highest BCUT2D eigenvalue weighted by molar-refractivity contribution is 6.32. The summed E-state index contributed by atoms with van der Waals surface area (Å²) in [6, 6.07) is 3.70. The highest BCUT2D eigenvalue weighted by Gasteiger charge is 2.27. The molecule has 0 aromatic heterocycles. The molecule has 0 radical (unpaired) electrons. The molecule has 0 spiro atoms. The lowest BCUT2D eigenvalue weighted by molar-refractivity contribution is 0.274. The SMILES string of the molecule is COc1cc(C(NN)C(C)(C)C)cc(Cl)c1OC. The number of halogens is 1. The van der Waals surface area contributed by atoms with Gasteiger partial charge >= 0.3 is 0 Å². The third-order valence-electron chi connectivity index (χ3n) is 2.82. The Labute approximate surface area is 113 Å². The molecule has 1 aromatic carbocycles. The maximum absolute atomic E-state index is 6.19. The average Bonchev–Trinajstić information content (AvgIpc) is 2.27. The highest BCUT2D eigenvalue weighted by atomic mass is 35.5. The molecule has 0 amide bonds. The molecule has 3 N–H and O–H groups in total. The Bertz CT molecular complexity index is 416. The second-order valence-corrected chi connectivity index (χ2v) is 5.61. The van der Waals surface area contributed by atoms with Crippen molar-refractivity contribution in [1.82, 2.24) is 5.43 Å². The van der Waals surface area contributed by atoms with Crippen LogP contribution in [0, 0.1) is 5.41 Å². The van der Waals surface area contributed by atoms with Gasteiger partial charge in [0.25, 0.3) is 0 Å². The van der Waals surface area contributed by atoms with E-state index in [1.807, 2.05) is 12.1 Å². The van der Waals surface area contributed by atoms with E-state index in [9.17, 15) is 0 Å². The van der Waals surface area contributed by atoms with E-state index in [0.29, 0.717) is 16.5 Å². The molecule has 4 nitrogen and oxygen atoms in total. The zero-order valence-electron chi connectivity index (χ0n) is 11.5. The van der Waals surface area contributed by atoms with E-state index in [2.05, 4.69) is 26.2 Å². The van der Waals surface area contributed by atoms with E-state index < -0.39 is 0 Å². The Hall–Kier alpha value is -0.970. The minimum absolute atomic E-state index is 0.0326. The summed E-state index contributed by atoms with van der Waals surface area (Å²) in [5.41, 5.74) is 3.74. The van der Waals surface area contributed by atoms with Gasteiger partial charge in [0.2, 0.25) is 0 Å². The van der Waals surface area contributed by atoms with Crippen LogP contribution in [0.5, 0.6) is 11.5 Å². The molecule has 1 atom stereocenters. The van der Waals surface area contributed by atoms with E-state index in [0.717, 1.165) is 5.56 Å². The van der Waals surface area contributed by atoms with Crippen molar-refractivity contribution in [3.05, 3.63) is 22.7 Å². The summed E-state index contributed by atoms with van der Waals surface area (Å²) < 4.78 is 10.5. The van der Waals surface area contributed by atoms with Crippen LogP contribution >= 0.6 is 11.6 Å². The van der Waals surface area contributed by atoms with Crippen LogP contribution in [0.25, 0.3) is 0 Å². The first-order valence-corrected chi connectivity index (χ1v) is 6.10. The van der Waals surface area contributed by atoms with Gasteiger partial charge in [-0.1, -0.05) is 32.4 Å². The summed E-state index contributed by atoms with van der Waals surface area (Å²) in [6.45, 7) is 6.30.